The highest BCUT2D eigenvalue weighted by molar-refractivity contribution is 5.81. The number of hydrogen-bond donors (Lipinski definition) is 1. The van der Waals surface area contributed by atoms with Crippen LogP contribution in [-0.2, 0) is 17.5 Å². The van der Waals surface area contributed by atoms with Gasteiger partial charge in [-0.15, -0.1) is 0 Å². The maximum absolute atomic E-state index is 13.4. The van der Waals surface area contributed by atoms with Crippen LogP contribution in [0.3, 0.4) is 0 Å². The van der Waals surface area contributed by atoms with Crippen molar-refractivity contribution in [2.24, 2.45) is 0 Å². The summed E-state index contributed by atoms with van der Waals surface area (Å²) in [7, 11) is 0. The maximum atomic E-state index is 13.4. The highest BCUT2D eigenvalue weighted by atomic mass is 19.4. The quantitative estimate of drug-likeness (QED) is 0.877. The molecule has 0 aliphatic carbocycles. The summed E-state index contributed by atoms with van der Waals surface area (Å²) in [5.74, 6) is -1.31. The van der Waals surface area contributed by atoms with Gasteiger partial charge in [0.1, 0.15) is 6.54 Å². The summed E-state index contributed by atoms with van der Waals surface area (Å²) in [6.07, 6.45) is -3.74. The zero-order valence-corrected chi connectivity index (χ0v) is 14.9. The van der Waals surface area contributed by atoms with Gasteiger partial charge in [-0.3, -0.25) is 9.69 Å². The van der Waals surface area contributed by atoms with E-state index in [0.717, 1.165) is 37.2 Å². The molecule has 1 unspecified atom stereocenters. The van der Waals surface area contributed by atoms with Gasteiger partial charge in [-0.2, -0.15) is 13.2 Å². The molecule has 2 saturated heterocycles. The molecule has 1 aromatic carbocycles. The van der Waals surface area contributed by atoms with Crippen LogP contribution in [0.2, 0.25) is 0 Å². The molecule has 2 aliphatic heterocycles. The third-order valence-electron chi connectivity index (χ3n) is 5.39. The maximum Gasteiger partial charge on any atom is 0.449 e. The first-order chi connectivity index (χ1) is 12.9. The number of carbonyl (C=O) groups excluding carboxylic acids is 1. The molecule has 1 amide bonds. The van der Waals surface area contributed by atoms with Crippen molar-refractivity contribution >= 4 is 16.9 Å². The fraction of sp³-hybridized carbons (Fsp3) is 0.556. The Bertz CT molecular complexity index is 828. The van der Waals surface area contributed by atoms with E-state index < -0.39 is 12.0 Å². The first-order valence-corrected chi connectivity index (χ1v) is 9.18. The number of para-hydroxylation sites is 2. The van der Waals surface area contributed by atoms with E-state index in [4.69, 9.17) is 0 Å². The van der Waals surface area contributed by atoms with Gasteiger partial charge in [0.25, 0.3) is 0 Å². The summed E-state index contributed by atoms with van der Waals surface area (Å²) < 4.78 is 41.2. The Labute approximate surface area is 154 Å². The smallest absolute Gasteiger partial charge is 0.340 e. The van der Waals surface area contributed by atoms with E-state index in [9.17, 15) is 18.0 Å². The van der Waals surface area contributed by atoms with E-state index in [2.05, 4.69) is 15.2 Å². The van der Waals surface area contributed by atoms with Crippen LogP contribution in [0.5, 0.6) is 0 Å². The van der Waals surface area contributed by atoms with Crippen molar-refractivity contribution in [3.05, 3.63) is 30.1 Å². The predicted octanol–water partition coefficient (Wildman–Crippen LogP) is 1.56. The number of rotatable bonds is 3. The number of aromatic nitrogens is 2. The second-order valence-corrected chi connectivity index (χ2v) is 7.08. The Hall–Kier alpha value is -2.13. The fourth-order valence-corrected chi connectivity index (χ4v) is 4.00. The number of imidazole rings is 1. The number of piperazine rings is 1. The Morgan fingerprint density at radius 2 is 1.93 bits per heavy atom. The van der Waals surface area contributed by atoms with Crippen LogP contribution in [0.15, 0.2) is 24.3 Å². The number of amides is 1. The van der Waals surface area contributed by atoms with Crippen LogP contribution in [0.25, 0.3) is 11.0 Å². The number of halogens is 3. The van der Waals surface area contributed by atoms with Crippen LogP contribution in [-0.4, -0.2) is 70.6 Å². The lowest BCUT2D eigenvalue weighted by atomic mass is 10.2. The summed E-state index contributed by atoms with van der Waals surface area (Å²) in [5, 5.41) is 3.30. The number of nitrogens with one attached hydrogen (secondary N) is 1. The number of alkyl halides is 3. The van der Waals surface area contributed by atoms with Crippen LogP contribution >= 0.6 is 0 Å². The van der Waals surface area contributed by atoms with E-state index in [-0.39, 0.29) is 24.0 Å². The molecule has 0 bridgehead atoms. The number of fused-ring (bicyclic) bond motifs is 1. The number of hydrogen-bond acceptors (Lipinski definition) is 4. The zero-order valence-electron chi connectivity index (χ0n) is 14.9. The summed E-state index contributed by atoms with van der Waals surface area (Å²) >= 11 is 0. The molecule has 0 spiro atoms. The lowest BCUT2D eigenvalue weighted by Gasteiger charge is -2.32. The van der Waals surface area contributed by atoms with E-state index in [1.807, 2.05) is 0 Å². The van der Waals surface area contributed by atoms with Gasteiger partial charge in [0.05, 0.1) is 11.0 Å². The Morgan fingerprint density at radius 3 is 2.67 bits per heavy atom. The molecule has 27 heavy (non-hydrogen) atoms. The largest absolute Gasteiger partial charge is 0.449 e. The number of nitrogens with zero attached hydrogens (tertiary/aromatic N) is 4. The zero-order chi connectivity index (χ0) is 19.0. The molecule has 1 N–H and O–H groups in total. The van der Waals surface area contributed by atoms with E-state index >= 15 is 0 Å². The van der Waals surface area contributed by atoms with Gasteiger partial charge in [0, 0.05) is 45.3 Å². The second-order valence-electron chi connectivity index (χ2n) is 7.08. The van der Waals surface area contributed by atoms with Crippen LogP contribution in [0, 0.1) is 0 Å². The minimum atomic E-state index is -4.60. The number of benzene rings is 1. The molecule has 1 aromatic heterocycles. The molecule has 2 aromatic rings. The van der Waals surface area contributed by atoms with Gasteiger partial charge >= 0.3 is 6.18 Å². The van der Waals surface area contributed by atoms with Gasteiger partial charge in [0.2, 0.25) is 11.7 Å². The van der Waals surface area contributed by atoms with Gasteiger partial charge in [0.15, 0.2) is 0 Å². The lowest BCUT2D eigenvalue weighted by molar-refractivity contribution is -0.148. The predicted molar refractivity (Wildman–Crippen MR) is 94.2 cm³/mol. The Kier molecular flexibility index (Phi) is 4.81. The lowest BCUT2D eigenvalue weighted by Crippen LogP contribution is -2.49. The minimum Gasteiger partial charge on any atom is -0.340 e. The third kappa shape index (κ3) is 3.66. The van der Waals surface area contributed by atoms with Gasteiger partial charge in [-0.05, 0) is 18.6 Å². The summed E-state index contributed by atoms with van der Waals surface area (Å²) in [6.45, 7) is 4.56. The molecule has 3 heterocycles. The van der Waals surface area contributed by atoms with Crippen LogP contribution in [0.1, 0.15) is 12.2 Å². The topological polar surface area (TPSA) is 53.4 Å². The standard InChI is InChI=1S/C18H22F3N5O/c19-18(20,21)17-23-14-3-1-2-4-15(14)26(17)12-16(27)25-8-5-13(11-25)24-9-6-22-7-10-24/h1-4,13,22H,5-12H2. The Balaban J connectivity index is 1.51. The van der Waals surface area contributed by atoms with Crippen molar-refractivity contribution < 1.29 is 18.0 Å². The number of likely N-dealkylation sites (tertiary alicyclic amines) is 1. The number of carbonyl (C=O) groups is 1. The summed E-state index contributed by atoms with van der Waals surface area (Å²) in [6, 6.07) is 6.68. The average Bonchev–Trinajstić information content (AvgIpc) is 3.28. The fourth-order valence-electron chi connectivity index (χ4n) is 4.00. The van der Waals surface area contributed by atoms with E-state index in [1.54, 1.807) is 23.1 Å². The van der Waals surface area contributed by atoms with E-state index in [0.29, 0.717) is 18.6 Å². The van der Waals surface area contributed by atoms with Crippen molar-refractivity contribution in [1.29, 1.82) is 0 Å². The third-order valence-corrected chi connectivity index (χ3v) is 5.39. The second kappa shape index (κ2) is 7.12. The molecule has 6 nitrogen and oxygen atoms in total. The molecule has 4 rings (SSSR count). The molecule has 0 radical (unpaired) electrons. The minimum absolute atomic E-state index is 0.248. The highest BCUT2D eigenvalue weighted by Crippen LogP contribution is 2.31. The van der Waals surface area contributed by atoms with Crippen molar-refractivity contribution in [1.82, 2.24) is 24.7 Å². The SMILES string of the molecule is O=C(Cn1c(C(F)(F)F)nc2ccccc21)N1CCC(N2CCNCC2)C1. The van der Waals surface area contributed by atoms with E-state index in [1.165, 1.54) is 6.07 Å². The Morgan fingerprint density at radius 1 is 1.19 bits per heavy atom. The van der Waals surface area contributed by atoms with Crippen LogP contribution < -0.4 is 5.32 Å². The molecule has 9 heteroatoms. The highest BCUT2D eigenvalue weighted by Gasteiger charge is 2.39. The molecule has 2 fully saturated rings. The van der Waals surface area contributed by atoms with Gasteiger partial charge in [-0.1, -0.05) is 12.1 Å². The summed E-state index contributed by atoms with van der Waals surface area (Å²) in [4.78, 5) is 20.5. The average molecular weight is 381 g/mol. The van der Waals surface area contributed by atoms with Crippen molar-refractivity contribution in [2.75, 3.05) is 39.3 Å². The first-order valence-electron chi connectivity index (χ1n) is 9.18. The van der Waals surface area contributed by atoms with Crippen molar-refractivity contribution in [3.8, 4) is 0 Å². The molecular formula is C18H22F3N5O. The summed E-state index contributed by atoms with van der Waals surface area (Å²) in [5.41, 5.74) is 0.578. The molecule has 1 atom stereocenters. The van der Waals surface area contributed by atoms with Crippen molar-refractivity contribution in [3.63, 3.8) is 0 Å². The normalized spacial score (nSPS) is 21.9. The first kappa shape index (κ1) is 18.2. The van der Waals surface area contributed by atoms with Crippen molar-refractivity contribution in [2.45, 2.75) is 25.2 Å². The van der Waals surface area contributed by atoms with Gasteiger partial charge in [-0.25, -0.2) is 4.98 Å². The molecule has 0 saturated carbocycles. The molecule has 146 valence electrons. The monoisotopic (exact) mass is 381 g/mol. The molecular weight excluding hydrogens is 359 g/mol. The van der Waals surface area contributed by atoms with Crippen LogP contribution in [0.4, 0.5) is 13.2 Å². The molecule has 2 aliphatic rings. The van der Waals surface area contributed by atoms with Gasteiger partial charge < -0.3 is 14.8 Å².